The lowest BCUT2D eigenvalue weighted by Crippen LogP contribution is -2.02. The molecule has 1 aromatic heterocycles. The fourth-order valence-electron chi connectivity index (χ4n) is 1.53. The molecule has 0 radical (unpaired) electrons. The van der Waals surface area contributed by atoms with Gasteiger partial charge in [0, 0.05) is 25.8 Å². The molecule has 6 heteroatoms. The summed E-state index contributed by atoms with van der Waals surface area (Å²) in [5.41, 5.74) is 1.58. The number of aromatic nitrogens is 2. The smallest absolute Gasteiger partial charge is 0.271 e. The highest BCUT2D eigenvalue weighted by Crippen LogP contribution is 2.19. The number of hydrogen-bond donors (Lipinski definition) is 0. The minimum atomic E-state index is -0.410. The third-order valence-corrected chi connectivity index (χ3v) is 2.35. The minimum absolute atomic E-state index is 0.0756. The van der Waals surface area contributed by atoms with Crippen LogP contribution in [0.2, 0.25) is 0 Å². The van der Waals surface area contributed by atoms with Gasteiger partial charge in [0.15, 0.2) is 0 Å². The Morgan fingerprint density at radius 1 is 1.56 bits per heavy atom. The summed E-state index contributed by atoms with van der Waals surface area (Å²) >= 11 is 0. The lowest BCUT2D eigenvalue weighted by molar-refractivity contribution is -0.384. The average Bonchev–Trinajstić information content (AvgIpc) is 2.68. The van der Waals surface area contributed by atoms with Crippen LogP contribution in [-0.4, -0.2) is 28.2 Å². The second-order valence-corrected chi connectivity index (χ2v) is 3.36. The summed E-state index contributed by atoms with van der Waals surface area (Å²) in [5, 5.41) is 10.6. The van der Waals surface area contributed by atoms with Crippen molar-refractivity contribution in [2.45, 2.75) is 6.54 Å². The summed E-state index contributed by atoms with van der Waals surface area (Å²) in [6.45, 7) is 1.18. The fourth-order valence-corrected chi connectivity index (χ4v) is 1.53. The van der Waals surface area contributed by atoms with Crippen LogP contribution < -0.4 is 0 Å². The molecular formula is C10H11N3O3. The number of fused-ring (bicyclic) bond motifs is 1. The predicted molar refractivity (Wildman–Crippen MR) is 58.3 cm³/mol. The SMILES string of the molecule is COCCn1cnc2ccc([N+](=O)[O-])cc21. The van der Waals surface area contributed by atoms with Crippen LogP contribution in [0.5, 0.6) is 0 Å². The topological polar surface area (TPSA) is 70.2 Å². The van der Waals surface area contributed by atoms with Crippen LogP contribution >= 0.6 is 0 Å². The van der Waals surface area contributed by atoms with Crippen LogP contribution in [0.15, 0.2) is 24.5 Å². The van der Waals surface area contributed by atoms with Crippen molar-refractivity contribution < 1.29 is 9.66 Å². The van der Waals surface area contributed by atoms with Gasteiger partial charge in [-0.3, -0.25) is 10.1 Å². The van der Waals surface area contributed by atoms with Gasteiger partial charge in [0.05, 0.1) is 28.9 Å². The maximum Gasteiger partial charge on any atom is 0.271 e. The molecular weight excluding hydrogens is 210 g/mol. The predicted octanol–water partition coefficient (Wildman–Crippen LogP) is 1.59. The molecule has 0 unspecified atom stereocenters. The highest BCUT2D eigenvalue weighted by molar-refractivity contribution is 5.77. The summed E-state index contributed by atoms with van der Waals surface area (Å²) in [5.74, 6) is 0. The van der Waals surface area contributed by atoms with Crippen molar-refractivity contribution in [3.05, 3.63) is 34.6 Å². The van der Waals surface area contributed by atoms with Gasteiger partial charge >= 0.3 is 0 Å². The fraction of sp³-hybridized carbons (Fsp3) is 0.300. The molecule has 0 fully saturated rings. The van der Waals surface area contributed by atoms with Crippen LogP contribution in [0.25, 0.3) is 11.0 Å². The van der Waals surface area contributed by atoms with Gasteiger partial charge in [-0.05, 0) is 6.07 Å². The maximum atomic E-state index is 10.6. The molecule has 0 aliphatic rings. The summed E-state index contributed by atoms with van der Waals surface area (Å²) in [6, 6.07) is 4.63. The van der Waals surface area contributed by atoms with E-state index >= 15 is 0 Å². The Kier molecular flexibility index (Phi) is 2.82. The van der Waals surface area contributed by atoms with Crippen molar-refractivity contribution in [2.24, 2.45) is 0 Å². The van der Waals surface area contributed by atoms with Crippen molar-refractivity contribution in [3.63, 3.8) is 0 Å². The molecule has 2 aromatic rings. The number of rotatable bonds is 4. The van der Waals surface area contributed by atoms with Gasteiger partial charge < -0.3 is 9.30 Å². The quantitative estimate of drug-likeness (QED) is 0.580. The van der Waals surface area contributed by atoms with Crippen molar-refractivity contribution in [1.29, 1.82) is 0 Å². The van der Waals surface area contributed by atoms with Gasteiger partial charge in [-0.2, -0.15) is 0 Å². The Morgan fingerprint density at radius 2 is 2.38 bits per heavy atom. The van der Waals surface area contributed by atoms with Crippen LogP contribution in [0.3, 0.4) is 0 Å². The monoisotopic (exact) mass is 221 g/mol. The first kappa shape index (κ1) is 10.6. The Bertz CT molecular complexity index is 521. The molecule has 0 saturated carbocycles. The van der Waals surface area contributed by atoms with Crippen LogP contribution in [-0.2, 0) is 11.3 Å². The van der Waals surface area contributed by atoms with E-state index in [1.54, 1.807) is 19.5 Å². The lowest BCUT2D eigenvalue weighted by atomic mass is 10.3. The van der Waals surface area contributed by atoms with E-state index in [4.69, 9.17) is 4.74 Å². The van der Waals surface area contributed by atoms with E-state index in [0.29, 0.717) is 13.2 Å². The summed E-state index contributed by atoms with van der Waals surface area (Å²) in [7, 11) is 1.61. The first-order chi connectivity index (χ1) is 7.72. The Balaban J connectivity index is 2.43. The Morgan fingerprint density at radius 3 is 3.06 bits per heavy atom. The first-order valence-electron chi connectivity index (χ1n) is 4.80. The molecule has 6 nitrogen and oxygen atoms in total. The lowest BCUT2D eigenvalue weighted by Gasteiger charge is -2.02. The Hall–Kier alpha value is -1.95. The van der Waals surface area contributed by atoms with E-state index in [2.05, 4.69) is 4.98 Å². The molecule has 0 atom stereocenters. The largest absolute Gasteiger partial charge is 0.383 e. The summed E-state index contributed by atoms with van der Waals surface area (Å²) in [4.78, 5) is 14.4. The highest BCUT2D eigenvalue weighted by atomic mass is 16.6. The molecule has 0 amide bonds. The number of hydrogen-bond acceptors (Lipinski definition) is 4. The highest BCUT2D eigenvalue weighted by Gasteiger charge is 2.09. The maximum absolute atomic E-state index is 10.6. The van der Waals surface area contributed by atoms with Crippen LogP contribution in [0, 0.1) is 10.1 Å². The number of imidazole rings is 1. The van der Waals surface area contributed by atoms with Crippen LogP contribution in [0.1, 0.15) is 0 Å². The second kappa shape index (κ2) is 4.28. The molecule has 0 bridgehead atoms. The van der Waals surface area contributed by atoms with Gasteiger partial charge in [0.2, 0.25) is 0 Å². The molecule has 0 N–H and O–H groups in total. The zero-order valence-corrected chi connectivity index (χ0v) is 8.79. The molecule has 1 heterocycles. The van der Waals surface area contributed by atoms with E-state index in [-0.39, 0.29) is 5.69 Å². The molecule has 0 spiro atoms. The number of ether oxygens (including phenoxy) is 1. The average molecular weight is 221 g/mol. The molecule has 0 aliphatic heterocycles. The molecule has 1 aromatic carbocycles. The number of nitro groups is 1. The van der Waals surface area contributed by atoms with Gasteiger partial charge in [0.1, 0.15) is 0 Å². The van der Waals surface area contributed by atoms with E-state index in [9.17, 15) is 10.1 Å². The first-order valence-corrected chi connectivity index (χ1v) is 4.80. The van der Waals surface area contributed by atoms with Gasteiger partial charge in [0.25, 0.3) is 5.69 Å². The van der Waals surface area contributed by atoms with Gasteiger partial charge in [-0.25, -0.2) is 4.98 Å². The standard InChI is InChI=1S/C10H11N3O3/c1-16-5-4-12-7-11-9-3-2-8(13(14)15)6-10(9)12/h2-3,6-7H,4-5H2,1H3. The van der Waals surface area contributed by atoms with E-state index < -0.39 is 4.92 Å². The number of benzene rings is 1. The third kappa shape index (κ3) is 1.87. The van der Waals surface area contributed by atoms with E-state index in [0.717, 1.165) is 11.0 Å². The number of nitro benzene ring substituents is 1. The number of nitrogens with zero attached hydrogens (tertiary/aromatic N) is 3. The number of methoxy groups -OCH3 is 1. The van der Waals surface area contributed by atoms with Crippen molar-refractivity contribution in [3.8, 4) is 0 Å². The molecule has 84 valence electrons. The molecule has 16 heavy (non-hydrogen) atoms. The zero-order chi connectivity index (χ0) is 11.5. The van der Waals surface area contributed by atoms with E-state index in [1.165, 1.54) is 12.1 Å². The molecule has 0 saturated heterocycles. The summed E-state index contributed by atoms with van der Waals surface area (Å²) in [6.07, 6.45) is 1.66. The normalized spacial score (nSPS) is 10.8. The van der Waals surface area contributed by atoms with Gasteiger partial charge in [-0.1, -0.05) is 0 Å². The number of non-ortho nitro benzene ring substituents is 1. The second-order valence-electron chi connectivity index (χ2n) is 3.36. The van der Waals surface area contributed by atoms with Gasteiger partial charge in [-0.15, -0.1) is 0 Å². The van der Waals surface area contributed by atoms with Crippen molar-refractivity contribution in [1.82, 2.24) is 9.55 Å². The third-order valence-electron chi connectivity index (χ3n) is 2.35. The molecule has 2 rings (SSSR count). The summed E-state index contributed by atoms with van der Waals surface area (Å²) < 4.78 is 6.80. The molecule has 0 aliphatic carbocycles. The minimum Gasteiger partial charge on any atom is -0.383 e. The van der Waals surface area contributed by atoms with Crippen molar-refractivity contribution >= 4 is 16.7 Å². The van der Waals surface area contributed by atoms with Crippen molar-refractivity contribution in [2.75, 3.05) is 13.7 Å². The van der Waals surface area contributed by atoms with Crippen LogP contribution in [0.4, 0.5) is 5.69 Å². The Labute approximate surface area is 91.6 Å². The zero-order valence-electron chi connectivity index (χ0n) is 8.79. The van der Waals surface area contributed by atoms with E-state index in [1.807, 2.05) is 4.57 Å².